The summed E-state index contributed by atoms with van der Waals surface area (Å²) in [5, 5.41) is 13.6. The van der Waals surface area contributed by atoms with E-state index in [1.54, 1.807) is 6.08 Å². The van der Waals surface area contributed by atoms with Gasteiger partial charge in [0.2, 0.25) is 29.5 Å². The predicted octanol–water partition coefficient (Wildman–Crippen LogP) is 1.60. The number of amides is 5. The Morgan fingerprint density at radius 3 is 1.65 bits per heavy atom. The van der Waals surface area contributed by atoms with Crippen molar-refractivity contribution in [1.82, 2.24) is 26.6 Å². The summed E-state index contributed by atoms with van der Waals surface area (Å²) >= 11 is 0. The van der Waals surface area contributed by atoms with Gasteiger partial charge in [-0.3, -0.25) is 38.4 Å². The van der Waals surface area contributed by atoms with Gasteiger partial charge in [-0.15, -0.1) is 0 Å². The first-order chi connectivity index (χ1) is 31.7. The largest absolute Gasteiger partial charge is 0.463 e. The van der Waals surface area contributed by atoms with Crippen LogP contribution in [-0.4, -0.2) is 157 Å². The van der Waals surface area contributed by atoms with Crippen molar-refractivity contribution in [2.75, 3.05) is 79.0 Å². The van der Waals surface area contributed by atoms with Gasteiger partial charge < -0.3 is 64.5 Å². The van der Waals surface area contributed by atoms with E-state index in [2.05, 4.69) is 33.2 Å². The monoisotopic (exact) mass is 942 g/mol. The molecule has 1 saturated heterocycles. The minimum Gasteiger partial charge on any atom is -0.463 e. The Morgan fingerprint density at radius 2 is 1.09 bits per heavy atom. The van der Waals surface area contributed by atoms with Gasteiger partial charge in [-0.05, 0) is 31.3 Å². The van der Waals surface area contributed by atoms with Gasteiger partial charge >= 0.3 is 17.9 Å². The average molecular weight is 942 g/mol. The lowest BCUT2D eigenvalue weighted by molar-refractivity contribution is -0.279. The first-order valence-corrected chi connectivity index (χ1v) is 22.8. The van der Waals surface area contributed by atoms with E-state index in [0.717, 1.165) is 64.4 Å². The summed E-state index contributed by atoms with van der Waals surface area (Å²) in [4.78, 5) is 95.7. The third-order valence-electron chi connectivity index (χ3n) is 9.52. The number of unbranched alkanes of at least 4 members (excludes halogenated alkanes) is 5. The van der Waals surface area contributed by atoms with Gasteiger partial charge in [-0.2, -0.15) is 0 Å². The Labute approximate surface area is 388 Å². The fraction of sp³-hybridized carbons (Fsp3) is 0.733. The van der Waals surface area contributed by atoms with Crippen LogP contribution >= 0.6 is 0 Å². The Hall–Kier alpha value is -4.96. The van der Waals surface area contributed by atoms with Gasteiger partial charge in [0.05, 0.1) is 52.8 Å². The van der Waals surface area contributed by atoms with E-state index in [0.29, 0.717) is 38.9 Å². The van der Waals surface area contributed by atoms with E-state index in [1.165, 1.54) is 13.8 Å². The molecule has 1 heterocycles. The summed E-state index contributed by atoms with van der Waals surface area (Å²) in [7, 11) is 0. The number of hydrogen-bond donors (Lipinski definition) is 5. The molecule has 0 aromatic heterocycles. The normalized spacial score (nSPS) is 18.0. The average Bonchev–Trinajstić information content (AvgIpc) is 3.26. The van der Waals surface area contributed by atoms with Gasteiger partial charge in [0.1, 0.15) is 18.8 Å². The summed E-state index contributed by atoms with van der Waals surface area (Å²) in [5.41, 5.74) is 1.02. The highest BCUT2D eigenvalue weighted by atomic mass is 16.7. The van der Waals surface area contributed by atoms with Crippen LogP contribution in [0.5, 0.6) is 0 Å². The molecular formula is C45H75N5O16. The Bertz CT molecular complexity index is 1530. The number of carbonyl (C=O) groups is 8. The molecule has 1 aliphatic heterocycles. The van der Waals surface area contributed by atoms with Gasteiger partial charge in [-0.25, -0.2) is 0 Å². The van der Waals surface area contributed by atoms with Crippen LogP contribution < -0.4 is 26.6 Å². The molecule has 0 radical (unpaired) electrons. The van der Waals surface area contributed by atoms with Crippen molar-refractivity contribution < 1.29 is 76.3 Å². The Balaban J connectivity index is 2.10. The summed E-state index contributed by atoms with van der Waals surface area (Å²) in [6, 6.07) is -1.08. The van der Waals surface area contributed by atoms with Gasteiger partial charge in [0.15, 0.2) is 18.5 Å². The standard InChI is InChI=1S/C45H75N5O16/c1-7-16-36(8-2)29-48-39(56)17-13-11-9-10-12-14-18-40(57)49-30-41(58)46-20-15-19-38(55)47-21-22-59-23-24-60-25-26-61-27-28-62-45-42(50-32(3)51)44(65-35(6)54)43(64-34(5)53)37(66-45)31-63-33(4)52/h8,16,37,42-45H,2,7,9-15,17-31H2,1,3-6H3,(H,46,58)(H,47,55)(H,48,56)(H,49,57)(H,50,51)/b36-16+. The highest BCUT2D eigenvalue weighted by Gasteiger charge is 2.51. The topological polar surface area (TPSA) is 271 Å². The smallest absolute Gasteiger partial charge is 0.303 e. The zero-order chi connectivity index (χ0) is 49.0. The van der Waals surface area contributed by atoms with Crippen LogP contribution in [0.1, 0.15) is 105 Å². The van der Waals surface area contributed by atoms with Crippen LogP contribution in [0.15, 0.2) is 24.3 Å². The predicted molar refractivity (Wildman–Crippen MR) is 239 cm³/mol. The summed E-state index contributed by atoms with van der Waals surface area (Å²) in [6.45, 7) is 12.6. The van der Waals surface area contributed by atoms with Crippen LogP contribution in [0.2, 0.25) is 0 Å². The lowest BCUT2D eigenvalue weighted by atomic mass is 9.96. The van der Waals surface area contributed by atoms with Gasteiger partial charge in [0, 0.05) is 66.6 Å². The van der Waals surface area contributed by atoms with Crippen LogP contribution in [0.3, 0.4) is 0 Å². The number of rotatable bonds is 37. The highest BCUT2D eigenvalue weighted by molar-refractivity contribution is 5.84. The molecule has 0 spiro atoms. The van der Waals surface area contributed by atoms with Crippen molar-refractivity contribution >= 4 is 47.4 Å². The molecular weight excluding hydrogens is 867 g/mol. The zero-order valence-electron chi connectivity index (χ0n) is 39.5. The maximum atomic E-state index is 12.1. The Morgan fingerprint density at radius 1 is 0.576 bits per heavy atom. The second-order valence-electron chi connectivity index (χ2n) is 15.3. The SMILES string of the molecule is C=C/C(=C\CC)CNC(=O)CCCCCCCCC(=O)NCC(=O)NCCCC(=O)NCCOCCOCCOCCOC1OC(COC(C)=O)C(OC(C)=O)C(OC(C)=O)C1NC(C)=O. The lowest BCUT2D eigenvalue weighted by Gasteiger charge is -2.44. The minimum atomic E-state index is -1.23. The number of allylic oxidation sites excluding steroid dienone is 1. The van der Waals surface area contributed by atoms with Crippen molar-refractivity contribution in [3.63, 3.8) is 0 Å². The number of hydrogen-bond acceptors (Lipinski definition) is 16. The second-order valence-corrected chi connectivity index (χ2v) is 15.3. The number of esters is 3. The fourth-order valence-electron chi connectivity index (χ4n) is 6.41. The third-order valence-corrected chi connectivity index (χ3v) is 9.52. The molecule has 1 rings (SSSR count). The van der Waals surface area contributed by atoms with E-state index < -0.39 is 54.5 Å². The molecule has 5 amide bonds. The first-order valence-electron chi connectivity index (χ1n) is 22.8. The lowest BCUT2D eigenvalue weighted by Crippen LogP contribution is -2.66. The van der Waals surface area contributed by atoms with Gasteiger partial charge in [-0.1, -0.05) is 51.3 Å². The molecule has 5 unspecified atom stereocenters. The minimum absolute atomic E-state index is 0.0144. The summed E-state index contributed by atoms with van der Waals surface area (Å²) in [6.07, 6.45) is 6.85. The maximum absolute atomic E-state index is 12.1. The van der Waals surface area contributed by atoms with E-state index in [9.17, 15) is 38.4 Å². The Kier molecular flexibility index (Phi) is 33.3. The van der Waals surface area contributed by atoms with Crippen molar-refractivity contribution in [3.8, 4) is 0 Å². The number of carbonyl (C=O) groups excluding carboxylic acids is 8. The summed E-state index contributed by atoms with van der Waals surface area (Å²) in [5.74, 6) is -3.18. The molecule has 0 bridgehead atoms. The third kappa shape index (κ3) is 30.3. The molecule has 66 heavy (non-hydrogen) atoms. The maximum Gasteiger partial charge on any atom is 0.303 e. The molecule has 1 fully saturated rings. The number of nitrogens with one attached hydrogen (secondary N) is 5. The molecule has 5 N–H and O–H groups in total. The van der Waals surface area contributed by atoms with Crippen LogP contribution in [0, 0.1) is 0 Å². The van der Waals surface area contributed by atoms with E-state index in [4.69, 9.17) is 37.9 Å². The molecule has 0 aromatic carbocycles. The van der Waals surface area contributed by atoms with Crippen molar-refractivity contribution in [2.45, 2.75) is 136 Å². The molecule has 21 heteroatoms. The molecule has 376 valence electrons. The molecule has 0 aromatic rings. The molecule has 0 saturated carbocycles. The van der Waals surface area contributed by atoms with Crippen molar-refractivity contribution in [1.29, 1.82) is 0 Å². The second kappa shape index (κ2) is 37.2. The highest BCUT2D eigenvalue weighted by Crippen LogP contribution is 2.28. The van der Waals surface area contributed by atoms with Crippen molar-refractivity contribution in [2.24, 2.45) is 0 Å². The van der Waals surface area contributed by atoms with Crippen LogP contribution in [-0.2, 0) is 76.3 Å². The number of ether oxygens (including phenoxy) is 8. The van der Waals surface area contributed by atoms with E-state index in [1.807, 2.05) is 13.0 Å². The van der Waals surface area contributed by atoms with E-state index >= 15 is 0 Å². The fourth-order valence-corrected chi connectivity index (χ4v) is 6.41. The summed E-state index contributed by atoms with van der Waals surface area (Å²) < 4.78 is 44.2. The van der Waals surface area contributed by atoms with Crippen LogP contribution in [0.25, 0.3) is 0 Å². The van der Waals surface area contributed by atoms with Crippen LogP contribution in [0.4, 0.5) is 0 Å². The van der Waals surface area contributed by atoms with Gasteiger partial charge in [0.25, 0.3) is 0 Å². The quantitative estimate of drug-likeness (QED) is 0.0256. The van der Waals surface area contributed by atoms with E-state index in [-0.39, 0.29) is 89.4 Å². The first kappa shape index (κ1) is 59.1. The molecule has 1 aliphatic rings. The molecule has 0 aliphatic carbocycles. The zero-order valence-corrected chi connectivity index (χ0v) is 39.5. The molecule has 5 atom stereocenters. The van der Waals surface area contributed by atoms with Crippen molar-refractivity contribution in [3.05, 3.63) is 24.3 Å². The molecule has 21 nitrogen and oxygen atoms in total.